The molecule has 2 aliphatic rings. The number of rotatable bonds is 5. The highest BCUT2D eigenvalue weighted by molar-refractivity contribution is 7.07. The largest absolute Gasteiger partial charge is 0.463 e. The Labute approximate surface area is 199 Å². The summed E-state index contributed by atoms with van der Waals surface area (Å²) in [4.78, 5) is 31.5. The lowest BCUT2D eigenvalue weighted by Crippen LogP contribution is -2.38. The van der Waals surface area contributed by atoms with E-state index >= 15 is 0 Å². The van der Waals surface area contributed by atoms with E-state index in [1.807, 2.05) is 60.7 Å². The van der Waals surface area contributed by atoms with Gasteiger partial charge < -0.3 is 14.2 Å². The fraction of sp³-hybridized carbons (Fsp3) is 0.192. The van der Waals surface area contributed by atoms with Crippen molar-refractivity contribution in [3.05, 3.63) is 96.7 Å². The molecule has 0 amide bonds. The minimum atomic E-state index is -0.630. The molecule has 2 aliphatic heterocycles. The lowest BCUT2D eigenvalue weighted by molar-refractivity contribution is -0.139. The zero-order valence-corrected chi connectivity index (χ0v) is 19.5. The average molecular weight is 475 g/mol. The van der Waals surface area contributed by atoms with E-state index in [-0.39, 0.29) is 19.0 Å². The molecular weight excluding hydrogens is 452 g/mol. The molecule has 0 spiro atoms. The van der Waals surface area contributed by atoms with Gasteiger partial charge in [-0.1, -0.05) is 59.9 Å². The number of thiazole rings is 1. The van der Waals surface area contributed by atoms with Crippen molar-refractivity contribution in [3.63, 3.8) is 0 Å². The van der Waals surface area contributed by atoms with E-state index in [2.05, 4.69) is 4.99 Å². The molecule has 8 heteroatoms. The second-order valence-electron chi connectivity index (χ2n) is 7.73. The zero-order chi connectivity index (χ0) is 23.7. The number of carbonyl (C=O) groups is 1. The van der Waals surface area contributed by atoms with E-state index in [0.717, 1.165) is 11.1 Å². The number of allylic oxidation sites excluding steroid dienone is 2. The van der Waals surface area contributed by atoms with Crippen LogP contribution in [0.15, 0.2) is 75.7 Å². The lowest BCUT2D eigenvalue weighted by atomic mass is 10.0. The Balaban J connectivity index is 1.63. The Kier molecular flexibility index (Phi) is 5.90. The maximum Gasteiger partial charge on any atom is 0.338 e. The average Bonchev–Trinajstić information content (AvgIpc) is 3.42. The summed E-state index contributed by atoms with van der Waals surface area (Å²) in [5, 5.41) is 0. The summed E-state index contributed by atoms with van der Waals surface area (Å²) >= 11 is 1.28. The van der Waals surface area contributed by atoms with Gasteiger partial charge in [-0.3, -0.25) is 9.36 Å². The van der Waals surface area contributed by atoms with Gasteiger partial charge in [-0.2, -0.15) is 0 Å². The summed E-state index contributed by atoms with van der Waals surface area (Å²) in [6.07, 6.45) is 5.55. The van der Waals surface area contributed by atoms with E-state index < -0.39 is 12.0 Å². The van der Waals surface area contributed by atoms with Crippen LogP contribution < -0.4 is 24.4 Å². The highest BCUT2D eigenvalue weighted by Gasteiger charge is 2.30. The zero-order valence-electron chi connectivity index (χ0n) is 18.7. The number of hydrogen-bond donors (Lipinski definition) is 0. The van der Waals surface area contributed by atoms with Crippen LogP contribution in [0.3, 0.4) is 0 Å². The normalized spacial score (nSPS) is 17.1. The van der Waals surface area contributed by atoms with Crippen LogP contribution in [0.5, 0.6) is 11.5 Å². The molecule has 0 unspecified atom stereocenters. The standard InChI is InChI=1S/C26H22N2O5S/c1-3-31-25(30)23-16(2)27-26-28(19(23)11-9-17-7-5-4-6-8-17)24(29)22(34-26)14-18-10-12-20-21(13-18)33-15-32-20/h4-14,19H,3,15H2,1-2H3/b11-9+,22-14+/t19-/m1/s1. The van der Waals surface area contributed by atoms with E-state index in [4.69, 9.17) is 14.2 Å². The number of nitrogens with zero attached hydrogens (tertiary/aromatic N) is 2. The fourth-order valence-electron chi connectivity index (χ4n) is 3.94. The van der Waals surface area contributed by atoms with Crippen molar-refractivity contribution in [2.75, 3.05) is 13.4 Å². The van der Waals surface area contributed by atoms with Gasteiger partial charge in [-0.05, 0) is 43.2 Å². The lowest BCUT2D eigenvalue weighted by Gasteiger charge is -2.21. The number of aromatic nitrogens is 1. The van der Waals surface area contributed by atoms with Crippen molar-refractivity contribution in [1.29, 1.82) is 0 Å². The van der Waals surface area contributed by atoms with Crippen LogP contribution in [0, 0.1) is 0 Å². The van der Waals surface area contributed by atoms with Gasteiger partial charge in [-0.15, -0.1) is 0 Å². The molecule has 7 nitrogen and oxygen atoms in total. The number of esters is 1. The van der Waals surface area contributed by atoms with Gasteiger partial charge >= 0.3 is 5.97 Å². The molecule has 0 bridgehead atoms. The molecule has 0 saturated heterocycles. The number of carbonyl (C=O) groups excluding carboxylic acids is 1. The number of hydrogen-bond acceptors (Lipinski definition) is 7. The predicted octanol–water partition coefficient (Wildman–Crippen LogP) is 3.19. The highest BCUT2D eigenvalue weighted by Crippen LogP contribution is 2.32. The minimum absolute atomic E-state index is 0.185. The number of fused-ring (bicyclic) bond motifs is 2. The van der Waals surface area contributed by atoms with Gasteiger partial charge in [0.15, 0.2) is 16.3 Å². The van der Waals surface area contributed by atoms with Crippen LogP contribution in [0.1, 0.15) is 31.0 Å². The van der Waals surface area contributed by atoms with Crippen molar-refractivity contribution < 1.29 is 19.0 Å². The molecular formula is C26H22N2O5S. The summed E-state index contributed by atoms with van der Waals surface area (Å²) < 4.78 is 18.2. The molecule has 5 rings (SSSR count). The van der Waals surface area contributed by atoms with Gasteiger partial charge in [0, 0.05) is 0 Å². The third-order valence-electron chi connectivity index (χ3n) is 5.52. The van der Waals surface area contributed by atoms with Crippen molar-refractivity contribution in [2.24, 2.45) is 4.99 Å². The Hall–Kier alpha value is -3.91. The number of ether oxygens (including phenoxy) is 3. The molecule has 34 heavy (non-hydrogen) atoms. The maximum atomic E-state index is 13.5. The summed E-state index contributed by atoms with van der Waals surface area (Å²) in [6.45, 7) is 3.94. The summed E-state index contributed by atoms with van der Waals surface area (Å²) in [6, 6.07) is 14.6. The van der Waals surface area contributed by atoms with Gasteiger partial charge in [-0.25, -0.2) is 9.79 Å². The van der Waals surface area contributed by atoms with Crippen LogP contribution in [0.4, 0.5) is 0 Å². The van der Waals surface area contributed by atoms with Crippen LogP contribution in [0.25, 0.3) is 12.2 Å². The van der Waals surface area contributed by atoms with Gasteiger partial charge in [0.05, 0.1) is 28.5 Å². The second kappa shape index (κ2) is 9.15. The Morgan fingerprint density at radius 2 is 1.97 bits per heavy atom. The van der Waals surface area contributed by atoms with E-state index in [1.54, 1.807) is 24.5 Å². The topological polar surface area (TPSA) is 79.1 Å². The molecule has 0 radical (unpaired) electrons. The molecule has 0 N–H and O–H groups in total. The predicted molar refractivity (Wildman–Crippen MR) is 129 cm³/mol. The molecule has 0 aliphatic carbocycles. The summed E-state index contributed by atoms with van der Waals surface area (Å²) in [5.41, 5.74) is 2.45. The van der Waals surface area contributed by atoms with Crippen LogP contribution in [-0.4, -0.2) is 23.9 Å². The van der Waals surface area contributed by atoms with E-state index in [0.29, 0.717) is 32.1 Å². The fourth-order valence-corrected chi connectivity index (χ4v) is 4.99. The minimum Gasteiger partial charge on any atom is -0.463 e. The Morgan fingerprint density at radius 1 is 1.18 bits per heavy atom. The highest BCUT2D eigenvalue weighted by atomic mass is 32.1. The molecule has 172 valence electrons. The van der Waals surface area contributed by atoms with Crippen LogP contribution >= 0.6 is 11.3 Å². The van der Waals surface area contributed by atoms with Gasteiger partial charge in [0.25, 0.3) is 5.56 Å². The SMILES string of the molecule is CCOC(=O)C1=C(C)N=c2s/c(=C/c3ccc4c(c3)OCO4)c(=O)n2[C@@H]1/C=C/c1ccccc1. The smallest absolute Gasteiger partial charge is 0.338 e. The van der Waals surface area contributed by atoms with Gasteiger partial charge in [0.1, 0.15) is 0 Å². The van der Waals surface area contributed by atoms with Crippen molar-refractivity contribution >= 4 is 29.5 Å². The Morgan fingerprint density at radius 3 is 2.76 bits per heavy atom. The summed E-state index contributed by atoms with van der Waals surface area (Å²) in [7, 11) is 0. The van der Waals surface area contributed by atoms with Crippen molar-refractivity contribution in [2.45, 2.75) is 19.9 Å². The summed E-state index contributed by atoms with van der Waals surface area (Å²) in [5.74, 6) is 0.849. The van der Waals surface area contributed by atoms with Crippen molar-refractivity contribution in [3.8, 4) is 11.5 Å². The van der Waals surface area contributed by atoms with Crippen LogP contribution in [0.2, 0.25) is 0 Å². The molecule has 1 atom stereocenters. The molecule has 1 aromatic heterocycles. The van der Waals surface area contributed by atoms with E-state index in [1.165, 1.54) is 11.3 Å². The number of benzene rings is 2. The molecule has 3 aromatic rings. The molecule has 0 saturated carbocycles. The quantitative estimate of drug-likeness (QED) is 0.531. The third-order valence-corrected chi connectivity index (χ3v) is 6.51. The molecule has 0 fully saturated rings. The first-order chi connectivity index (χ1) is 16.5. The Bertz CT molecular complexity index is 1500. The first-order valence-corrected chi connectivity index (χ1v) is 11.7. The first-order valence-electron chi connectivity index (χ1n) is 10.9. The second-order valence-corrected chi connectivity index (χ2v) is 8.74. The third kappa shape index (κ3) is 4.08. The monoisotopic (exact) mass is 474 g/mol. The maximum absolute atomic E-state index is 13.5. The molecule has 2 aromatic carbocycles. The molecule has 3 heterocycles. The first kappa shape index (κ1) is 21.9. The van der Waals surface area contributed by atoms with Crippen LogP contribution in [-0.2, 0) is 9.53 Å². The van der Waals surface area contributed by atoms with Crippen molar-refractivity contribution in [1.82, 2.24) is 4.57 Å². The van der Waals surface area contributed by atoms with Gasteiger partial charge in [0.2, 0.25) is 6.79 Å². The van der Waals surface area contributed by atoms with E-state index in [9.17, 15) is 9.59 Å².